The highest BCUT2D eigenvalue weighted by Crippen LogP contribution is 2.51. The molecule has 0 radical (unpaired) electrons. The van der Waals surface area contributed by atoms with Crippen LogP contribution in [0, 0.1) is 11.6 Å². The first-order chi connectivity index (χ1) is 16.5. The molecule has 0 fully saturated rings. The summed E-state index contributed by atoms with van der Waals surface area (Å²) in [6.45, 7) is 4.08. The second-order valence-corrected chi connectivity index (χ2v) is 9.33. The summed E-state index contributed by atoms with van der Waals surface area (Å²) in [6, 6.07) is 14.8. The number of aryl methyl sites for hydroxylation is 4. The summed E-state index contributed by atoms with van der Waals surface area (Å²) in [5, 5.41) is 0. The Labute approximate surface area is 200 Å². The topological polar surface area (TPSA) is 0 Å². The normalized spacial score (nSPS) is 16.9. The highest BCUT2D eigenvalue weighted by Gasteiger charge is 2.39. The molecule has 34 heavy (non-hydrogen) atoms. The minimum atomic E-state index is -2.23. The molecule has 0 saturated carbocycles. The number of hydrogen-bond donors (Lipinski definition) is 0. The summed E-state index contributed by atoms with van der Waals surface area (Å²) in [7, 11) is 0. The Morgan fingerprint density at radius 1 is 0.559 bits per heavy atom. The molecule has 0 heterocycles. The molecule has 0 nitrogen and oxygen atoms in total. The maximum atomic E-state index is 15.4. The van der Waals surface area contributed by atoms with E-state index < -0.39 is 24.0 Å². The maximum Gasteiger partial charge on any atom is 0.164 e. The monoisotopic (exact) mass is 468 g/mol. The van der Waals surface area contributed by atoms with Crippen LogP contribution in [-0.4, -0.2) is 0 Å². The van der Waals surface area contributed by atoms with Crippen LogP contribution in [0.2, 0.25) is 0 Å². The van der Waals surface area contributed by atoms with Gasteiger partial charge >= 0.3 is 0 Å². The number of unbranched alkanes of at least 4 members (excludes halogenated alkanes) is 2. The summed E-state index contributed by atoms with van der Waals surface area (Å²) in [4.78, 5) is 0. The van der Waals surface area contributed by atoms with Gasteiger partial charge in [-0.1, -0.05) is 81.6 Å². The third kappa shape index (κ3) is 4.78. The lowest BCUT2D eigenvalue weighted by molar-refractivity contribution is 0.160. The molecule has 0 bridgehead atoms. The van der Waals surface area contributed by atoms with Gasteiger partial charge in [0.1, 0.15) is 11.6 Å². The Bertz CT molecular complexity index is 1130. The number of benzene rings is 3. The molecule has 2 unspecified atom stereocenters. The average Bonchev–Trinajstić information content (AvgIpc) is 2.84. The van der Waals surface area contributed by atoms with Gasteiger partial charge in [0.05, 0.1) is 0 Å². The van der Waals surface area contributed by atoms with Crippen LogP contribution >= 0.6 is 0 Å². The van der Waals surface area contributed by atoms with E-state index in [1.165, 1.54) is 24.8 Å². The van der Waals surface area contributed by atoms with Gasteiger partial charge in [0.2, 0.25) is 0 Å². The Morgan fingerprint density at radius 3 is 1.56 bits per heavy atom. The van der Waals surface area contributed by atoms with Crippen molar-refractivity contribution in [3.05, 3.63) is 93.5 Å². The van der Waals surface area contributed by atoms with Crippen LogP contribution in [0.3, 0.4) is 0 Å². The molecule has 0 amide bonds. The van der Waals surface area contributed by atoms with Crippen LogP contribution in [0.5, 0.6) is 0 Å². The second kappa shape index (κ2) is 10.8. The number of fused-ring (bicyclic) bond motifs is 3. The van der Waals surface area contributed by atoms with Crippen LogP contribution in [0.1, 0.15) is 85.3 Å². The van der Waals surface area contributed by atoms with Crippen molar-refractivity contribution in [3.8, 4) is 11.1 Å². The highest BCUT2D eigenvalue weighted by molar-refractivity contribution is 5.76. The van der Waals surface area contributed by atoms with Crippen LogP contribution in [0.25, 0.3) is 11.1 Å². The summed E-state index contributed by atoms with van der Waals surface area (Å²) >= 11 is 0. The largest absolute Gasteiger partial charge is 0.239 e. The van der Waals surface area contributed by atoms with Crippen molar-refractivity contribution in [2.45, 2.75) is 77.6 Å². The minimum absolute atomic E-state index is 0.246. The van der Waals surface area contributed by atoms with Crippen molar-refractivity contribution in [1.82, 2.24) is 0 Å². The Hall–Kier alpha value is -2.62. The Balaban J connectivity index is 1.57. The third-order valence-corrected chi connectivity index (χ3v) is 6.91. The maximum absolute atomic E-state index is 15.4. The molecule has 2 atom stereocenters. The van der Waals surface area contributed by atoms with Crippen molar-refractivity contribution < 1.29 is 17.6 Å². The molecule has 1 aliphatic carbocycles. The van der Waals surface area contributed by atoms with Crippen molar-refractivity contribution in [3.63, 3.8) is 0 Å². The standard InChI is InChI=1S/C30H32F4/c1-3-5-6-8-19-9-11-20(12-10-19)13-14-22-16-18-24-23-17-15-21(7-4-2)27(31)25(23)29(33)30(34)26(24)28(22)32/h9-12,15-18,29-30H,3-8,13-14H2,1-2H3. The van der Waals surface area contributed by atoms with Gasteiger partial charge in [0.25, 0.3) is 0 Å². The first kappa shape index (κ1) is 24.5. The van der Waals surface area contributed by atoms with E-state index >= 15 is 13.2 Å². The lowest BCUT2D eigenvalue weighted by Gasteiger charge is -2.28. The molecule has 4 rings (SSSR count). The fraction of sp³-hybridized carbons (Fsp3) is 0.400. The molecule has 180 valence electrons. The van der Waals surface area contributed by atoms with Crippen LogP contribution in [-0.2, 0) is 25.7 Å². The smallest absolute Gasteiger partial charge is 0.164 e. The fourth-order valence-electron chi connectivity index (χ4n) is 4.96. The summed E-state index contributed by atoms with van der Waals surface area (Å²) in [5.74, 6) is -1.42. The lowest BCUT2D eigenvalue weighted by Crippen LogP contribution is -2.17. The van der Waals surface area contributed by atoms with Crippen molar-refractivity contribution >= 4 is 0 Å². The first-order valence-corrected chi connectivity index (χ1v) is 12.4. The van der Waals surface area contributed by atoms with Crippen molar-refractivity contribution in [2.75, 3.05) is 0 Å². The molecule has 0 aromatic heterocycles. The Kier molecular flexibility index (Phi) is 7.75. The van der Waals surface area contributed by atoms with Crippen molar-refractivity contribution in [1.29, 1.82) is 0 Å². The molecule has 4 heteroatoms. The van der Waals surface area contributed by atoms with Crippen molar-refractivity contribution in [2.24, 2.45) is 0 Å². The zero-order valence-electron chi connectivity index (χ0n) is 19.9. The molecular weight excluding hydrogens is 436 g/mol. The van der Waals surface area contributed by atoms with Gasteiger partial charge in [-0.05, 0) is 65.5 Å². The SMILES string of the molecule is CCCCCc1ccc(CCc2ccc3c(c2F)C(F)C(F)c2c-3ccc(CCC)c2F)cc1. The molecule has 0 spiro atoms. The van der Waals surface area contributed by atoms with Gasteiger partial charge in [-0.25, -0.2) is 17.6 Å². The van der Waals surface area contributed by atoms with Gasteiger partial charge in [-0.15, -0.1) is 0 Å². The predicted octanol–water partition coefficient (Wildman–Crippen LogP) is 9.14. The van der Waals surface area contributed by atoms with E-state index in [1.807, 2.05) is 6.92 Å². The van der Waals surface area contributed by atoms with E-state index in [0.29, 0.717) is 36.8 Å². The fourth-order valence-corrected chi connectivity index (χ4v) is 4.96. The zero-order chi connectivity index (χ0) is 24.2. The molecule has 0 N–H and O–H groups in total. The number of halogens is 4. The van der Waals surface area contributed by atoms with E-state index in [2.05, 4.69) is 31.2 Å². The van der Waals surface area contributed by atoms with Crippen LogP contribution < -0.4 is 0 Å². The number of hydrogen-bond acceptors (Lipinski definition) is 0. The van der Waals surface area contributed by atoms with Gasteiger partial charge < -0.3 is 0 Å². The molecule has 0 aliphatic heterocycles. The summed E-state index contributed by atoms with van der Waals surface area (Å²) in [6.07, 6.45) is 2.31. The first-order valence-electron chi connectivity index (χ1n) is 12.4. The quantitative estimate of drug-likeness (QED) is 0.217. The van der Waals surface area contributed by atoms with E-state index in [4.69, 9.17) is 0 Å². The van der Waals surface area contributed by atoms with Crippen LogP contribution in [0.15, 0.2) is 48.5 Å². The predicted molar refractivity (Wildman–Crippen MR) is 131 cm³/mol. The lowest BCUT2D eigenvalue weighted by atomic mass is 9.80. The number of rotatable bonds is 9. The average molecular weight is 469 g/mol. The van der Waals surface area contributed by atoms with Gasteiger partial charge in [-0.3, -0.25) is 0 Å². The van der Waals surface area contributed by atoms with Gasteiger partial charge in [-0.2, -0.15) is 0 Å². The highest BCUT2D eigenvalue weighted by atomic mass is 19.2. The van der Waals surface area contributed by atoms with E-state index in [0.717, 1.165) is 12.0 Å². The van der Waals surface area contributed by atoms with E-state index in [9.17, 15) is 4.39 Å². The zero-order valence-corrected chi connectivity index (χ0v) is 19.9. The summed E-state index contributed by atoms with van der Waals surface area (Å²) < 4.78 is 60.6. The third-order valence-electron chi connectivity index (χ3n) is 6.91. The van der Waals surface area contributed by atoms with E-state index in [-0.39, 0.29) is 22.3 Å². The Morgan fingerprint density at radius 2 is 1.06 bits per heavy atom. The molecule has 1 aliphatic rings. The second-order valence-electron chi connectivity index (χ2n) is 9.33. The molecule has 3 aromatic carbocycles. The number of alkyl halides is 2. The van der Waals surface area contributed by atoms with Crippen LogP contribution in [0.4, 0.5) is 17.6 Å². The van der Waals surface area contributed by atoms with E-state index in [1.54, 1.807) is 24.3 Å². The molecule has 3 aromatic rings. The van der Waals surface area contributed by atoms with Gasteiger partial charge in [0.15, 0.2) is 12.3 Å². The summed E-state index contributed by atoms with van der Waals surface area (Å²) in [5.41, 5.74) is 3.02. The molecular formula is C30H32F4. The van der Waals surface area contributed by atoms with Gasteiger partial charge in [0, 0.05) is 11.1 Å². The molecule has 0 saturated heterocycles. The minimum Gasteiger partial charge on any atom is -0.239 e.